The minimum absolute atomic E-state index is 0.0785. The molecule has 2 aliphatic rings. The number of carbonyl (C=O) groups is 2. The lowest BCUT2D eigenvalue weighted by Gasteiger charge is -2.43. The molecule has 4 rings (SSSR count). The average Bonchev–Trinajstić information content (AvgIpc) is 3.72. The van der Waals surface area contributed by atoms with Crippen LogP contribution in [0.25, 0.3) is 0 Å². The van der Waals surface area contributed by atoms with Crippen LogP contribution in [0.15, 0.2) is 54.6 Å². The summed E-state index contributed by atoms with van der Waals surface area (Å²) in [5, 5.41) is 2.90. The Labute approximate surface area is 201 Å². The van der Waals surface area contributed by atoms with E-state index in [0.29, 0.717) is 32.6 Å². The summed E-state index contributed by atoms with van der Waals surface area (Å²) in [4.78, 5) is 30.2. The summed E-state index contributed by atoms with van der Waals surface area (Å²) in [7, 11) is 0. The highest BCUT2D eigenvalue weighted by Gasteiger charge is 2.42. The van der Waals surface area contributed by atoms with E-state index >= 15 is 0 Å². The molecule has 6 nitrogen and oxygen atoms in total. The van der Waals surface area contributed by atoms with E-state index in [-0.39, 0.29) is 29.6 Å². The second-order valence-electron chi connectivity index (χ2n) is 9.41. The van der Waals surface area contributed by atoms with Gasteiger partial charge in [-0.3, -0.25) is 14.5 Å². The van der Waals surface area contributed by atoms with Crippen LogP contribution >= 0.6 is 0 Å². The van der Waals surface area contributed by atoms with Crippen molar-refractivity contribution in [1.29, 1.82) is 0 Å². The van der Waals surface area contributed by atoms with Crippen molar-refractivity contribution in [2.45, 2.75) is 50.7 Å². The molecule has 2 atom stereocenters. The van der Waals surface area contributed by atoms with Gasteiger partial charge in [-0.1, -0.05) is 42.5 Å². The molecule has 0 bridgehead atoms. The standard InChI is InChI=1S/C27H35FN4O2/c28-23-10-6-21(7-11-23)19-31(16-12-20-4-2-1-3-5-20)24-13-17-32(27(34)22-8-9-22)25(18-24)26(33)30-15-14-29/h1-7,10-11,22,24-25H,8-9,12-19,29H2,(H,30,33)/t24?,25-/m1/s1. The van der Waals surface area contributed by atoms with Gasteiger partial charge in [0.25, 0.3) is 0 Å². The summed E-state index contributed by atoms with van der Waals surface area (Å²) >= 11 is 0. The molecule has 2 fully saturated rings. The third-order valence-electron chi connectivity index (χ3n) is 6.88. The number of benzene rings is 2. The number of hydrogen-bond donors (Lipinski definition) is 2. The van der Waals surface area contributed by atoms with Crippen LogP contribution in [0.1, 0.15) is 36.8 Å². The van der Waals surface area contributed by atoms with E-state index in [1.54, 1.807) is 4.90 Å². The molecule has 1 heterocycles. The fraction of sp³-hybridized carbons (Fsp3) is 0.481. The highest BCUT2D eigenvalue weighted by Crippen LogP contribution is 2.34. The van der Waals surface area contributed by atoms with E-state index in [9.17, 15) is 14.0 Å². The van der Waals surface area contributed by atoms with E-state index in [1.807, 2.05) is 30.3 Å². The molecule has 0 aromatic heterocycles. The highest BCUT2D eigenvalue weighted by molar-refractivity contribution is 5.89. The average molecular weight is 467 g/mol. The van der Waals surface area contributed by atoms with Crippen molar-refractivity contribution in [3.8, 4) is 0 Å². The normalized spacial score (nSPS) is 20.4. The molecule has 34 heavy (non-hydrogen) atoms. The Morgan fingerprint density at radius 1 is 1.03 bits per heavy atom. The van der Waals surface area contributed by atoms with Crippen LogP contribution < -0.4 is 11.1 Å². The molecule has 1 saturated carbocycles. The number of nitrogens with zero attached hydrogens (tertiary/aromatic N) is 2. The smallest absolute Gasteiger partial charge is 0.242 e. The molecule has 1 aliphatic carbocycles. The monoisotopic (exact) mass is 466 g/mol. The van der Waals surface area contributed by atoms with Gasteiger partial charge in [0.1, 0.15) is 11.9 Å². The number of amides is 2. The largest absolute Gasteiger partial charge is 0.353 e. The van der Waals surface area contributed by atoms with Gasteiger partial charge in [-0.25, -0.2) is 4.39 Å². The zero-order valence-electron chi connectivity index (χ0n) is 19.7. The van der Waals surface area contributed by atoms with Crippen molar-refractivity contribution in [1.82, 2.24) is 15.1 Å². The van der Waals surface area contributed by atoms with Crippen molar-refractivity contribution >= 4 is 11.8 Å². The fourth-order valence-corrected chi connectivity index (χ4v) is 4.80. The topological polar surface area (TPSA) is 78.7 Å². The van der Waals surface area contributed by atoms with Gasteiger partial charge < -0.3 is 16.0 Å². The third kappa shape index (κ3) is 6.42. The first-order valence-electron chi connectivity index (χ1n) is 12.4. The molecule has 2 aromatic rings. The molecule has 0 spiro atoms. The van der Waals surface area contributed by atoms with Crippen LogP contribution in [-0.4, -0.2) is 59.9 Å². The van der Waals surface area contributed by atoms with Crippen LogP contribution in [0.4, 0.5) is 4.39 Å². The Morgan fingerprint density at radius 3 is 2.44 bits per heavy atom. The minimum atomic E-state index is -0.481. The van der Waals surface area contributed by atoms with Gasteiger partial charge in [-0.05, 0) is 55.4 Å². The summed E-state index contributed by atoms with van der Waals surface area (Å²) in [6.45, 7) is 2.84. The lowest BCUT2D eigenvalue weighted by atomic mass is 9.93. The maximum Gasteiger partial charge on any atom is 0.242 e. The quantitative estimate of drug-likeness (QED) is 0.564. The van der Waals surface area contributed by atoms with E-state index in [2.05, 4.69) is 22.3 Å². The molecule has 3 N–H and O–H groups in total. The maximum atomic E-state index is 13.5. The van der Waals surface area contributed by atoms with Crippen molar-refractivity contribution in [2.24, 2.45) is 11.7 Å². The maximum absolute atomic E-state index is 13.5. The van der Waals surface area contributed by atoms with Gasteiger partial charge in [-0.15, -0.1) is 0 Å². The zero-order valence-corrected chi connectivity index (χ0v) is 19.7. The number of hydrogen-bond acceptors (Lipinski definition) is 4. The number of likely N-dealkylation sites (tertiary alicyclic amines) is 1. The Morgan fingerprint density at radius 2 is 1.76 bits per heavy atom. The Hall–Kier alpha value is -2.77. The third-order valence-corrected chi connectivity index (χ3v) is 6.88. The molecule has 1 aliphatic heterocycles. The second kappa shape index (κ2) is 11.6. The van der Waals surface area contributed by atoms with Crippen molar-refractivity contribution in [2.75, 3.05) is 26.2 Å². The fourth-order valence-electron chi connectivity index (χ4n) is 4.80. The van der Waals surface area contributed by atoms with Gasteiger partial charge in [-0.2, -0.15) is 0 Å². The molecule has 182 valence electrons. The number of halogens is 1. The lowest BCUT2D eigenvalue weighted by Crippen LogP contribution is -2.58. The molecule has 2 aromatic carbocycles. The number of nitrogens with two attached hydrogens (primary N) is 1. The van der Waals surface area contributed by atoms with Gasteiger partial charge in [0.2, 0.25) is 11.8 Å². The molecule has 0 radical (unpaired) electrons. The SMILES string of the molecule is NCCNC(=O)[C@H]1CC(N(CCc2ccccc2)Cc2ccc(F)cc2)CCN1C(=O)C1CC1. The van der Waals surface area contributed by atoms with Crippen molar-refractivity contribution < 1.29 is 14.0 Å². The summed E-state index contributed by atoms with van der Waals surface area (Å²) in [5.41, 5.74) is 7.89. The number of rotatable bonds is 10. The Bertz CT molecular complexity index is 949. The predicted molar refractivity (Wildman–Crippen MR) is 130 cm³/mol. The first-order valence-corrected chi connectivity index (χ1v) is 12.4. The van der Waals surface area contributed by atoms with Crippen LogP contribution in [0.5, 0.6) is 0 Å². The van der Waals surface area contributed by atoms with E-state index in [0.717, 1.165) is 37.8 Å². The summed E-state index contributed by atoms with van der Waals surface area (Å²) in [5.74, 6) is -0.174. The van der Waals surface area contributed by atoms with Gasteiger partial charge >= 0.3 is 0 Å². The lowest BCUT2D eigenvalue weighted by molar-refractivity contribution is -0.144. The molecule has 1 unspecified atom stereocenters. The second-order valence-corrected chi connectivity index (χ2v) is 9.41. The molecular weight excluding hydrogens is 431 g/mol. The Balaban J connectivity index is 1.51. The number of nitrogens with one attached hydrogen (secondary N) is 1. The van der Waals surface area contributed by atoms with Crippen LogP contribution in [0.3, 0.4) is 0 Å². The zero-order chi connectivity index (χ0) is 23.9. The van der Waals surface area contributed by atoms with Gasteiger partial charge in [0.05, 0.1) is 0 Å². The van der Waals surface area contributed by atoms with E-state index in [4.69, 9.17) is 5.73 Å². The van der Waals surface area contributed by atoms with Crippen LogP contribution in [0, 0.1) is 11.7 Å². The van der Waals surface area contributed by atoms with E-state index < -0.39 is 6.04 Å². The molecule has 2 amide bonds. The first kappa shape index (κ1) is 24.4. The summed E-state index contributed by atoms with van der Waals surface area (Å²) < 4.78 is 13.5. The predicted octanol–water partition coefficient (Wildman–Crippen LogP) is 2.71. The molecule has 1 saturated heterocycles. The molecule has 7 heteroatoms. The van der Waals surface area contributed by atoms with Crippen molar-refractivity contribution in [3.05, 3.63) is 71.5 Å². The number of piperidine rings is 1. The molecular formula is C27H35FN4O2. The summed E-state index contributed by atoms with van der Waals surface area (Å²) in [6, 6.07) is 16.6. The van der Waals surface area contributed by atoms with Crippen molar-refractivity contribution in [3.63, 3.8) is 0 Å². The van der Waals surface area contributed by atoms with Gasteiger partial charge in [0.15, 0.2) is 0 Å². The van der Waals surface area contributed by atoms with Gasteiger partial charge in [0, 0.05) is 44.7 Å². The summed E-state index contributed by atoms with van der Waals surface area (Å²) in [6.07, 6.45) is 4.13. The van der Waals surface area contributed by atoms with Crippen LogP contribution in [0.2, 0.25) is 0 Å². The van der Waals surface area contributed by atoms with Crippen LogP contribution in [-0.2, 0) is 22.6 Å². The Kier molecular flexibility index (Phi) is 8.29. The van der Waals surface area contributed by atoms with E-state index in [1.165, 1.54) is 17.7 Å². The number of carbonyl (C=O) groups excluding carboxylic acids is 2. The minimum Gasteiger partial charge on any atom is -0.353 e. The first-order chi connectivity index (χ1) is 16.5. The highest BCUT2D eigenvalue weighted by atomic mass is 19.1.